The van der Waals surface area contributed by atoms with Gasteiger partial charge in [0.25, 0.3) is 0 Å². The van der Waals surface area contributed by atoms with E-state index < -0.39 is 0 Å². The highest BCUT2D eigenvalue weighted by molar-refractivity contribution is 4.75. The molecule has 1 rings (SSSR count). The second-order valence-corrected chi connectivity index (χ2v) is 2.81. The maximum absolute atomic E-state index is 10.9. The molecule has 1 aromatic rings. The molecule has 0 fully saturated rings. The first-order chi connectivity index (χ1) is 5.74. The van der Waals surface area contributed by atoms with Gasteiger partial charge in [-0.25, -0.2) is 4.79 Å². The number of hydrogen-bond acceptors (Lipinski definition) is 2. The lowest BCUT2D eigenvalue weighted by Gasteiger charge is -2.06. The summed E-state index contributed by atoms with van der Waals surface area (Å²) in [6, 6.07) is 0. The second-order valence-electron chi connectivity index (χ2n) is 2.81. The molecule has 0 aliphatic carbocycles. The zero-order valence-electron chi connectivity index (χ0n) is 7.16. The van der Waals surface area contributed by atoms with Gasteiger partial charge in [-0.3, -0.25) is 4.57 Å². The third-order valence-corrected chi connectivity index (χ3v) is 1.90. The molecule has 2 N–H and O–H groups in total. The van der Waals surface area contributed by atoms with Gasteiger partial charge in [-0.2, -0.15) is 0 Å². The Labute approximate surface area is 70.9 Å². The number of aromatic amines is 1. The van der Waals surface area contributed by atoms with Crippen LogP contribution in [0, 0.1) is 0 Å². The van der Waals surface area contributed by atoms with Gasteiger partial charge in [0.05, 0.1) is 6.10 Å². The largest absolute Gasteiger partial charge is 0.393 e. The van der Waals surface area contributed by atoms with E-state index in [1.54, 1.807) is 17.0 Å². The fraction of sp³-hybridized carbons (Fsp3) is 0.625. The number of nitrogens with one attached hydrogen (secondary N) is 1. The van der Waals surface area contributed by atoms with Crippen LogP contribution < -0.4 is 5.69 Å². The van der Waals surface area contributed by atoms with Crippen LogP contribution in [0.15, 0.2) is 17.2 Å². The minimum atomic E-state index is -0.299. The fourth-order valence-electron chi connectivity index (χ4n) is 1.02. The van der Waals surface area contributed by atoms with Gasteiger partial charge >= 0.3 is 5.69 Å². The molecule has 4 nitrogen and oxygen atoms in total. The molecule has 0 aromatic carbocycles. The molecule has 0 amide bonds. The van der Waals surface area contributed by atoms with Crippen molar-refractivity contribution in [3.63, 3.8) is 0 Å². The van der Waals surface area contributed by atoms with Crippen molar-refractivity contribution in [2.75, 3.05) is 0 Å². The summed E-state index contributed by atoms with van der Waals surface area (Å²) in [5.41, 5.74) is -0.113. The average Bonchev–Trinajstić information content (AvgIpc) is 2.47. The minimum absolute atomic E-state index is 0.113. The third-order valence-electron chi connectivity index (χ3n) is 1.90. The molecule has 0 aliphatic rings. The van der Waals surface area contributed by atoms with Gasteiger partial charge in [0, 0.05) is 18.9 Å². The van der Waals surface area contributed by atoms with Crippen LogP contribution >= 0.6 is 0 Å². The van der Waals surface area contributed by atoms with Crippen LogP contribution in [0.3, 0.4) is 0 Å². The van der Waals surface area contributed by atoms with Gasteiger partial charge in [-0.15, -0.1) is 0 Å². The molecule has 1 unspecified atom stereocenters. The fourth-order valence-corrected chi connectivity index (χ4v) is 1.02. The summed E-state index contributed by atoms with van der Waals surface area (Å²) >= 11 is 0. The Hall–Kier alpha value is -1.03. The molecule has 12 heavy (non-hydrogen) atoms. The highest BCUT2D eigenvalue weighted by atomic mass is 16.3. The van der Waals surface area contributed by atoms with E-state index >= 15 is 0 Å². The summed E-state index contributed by atoms with van der Waals surface area (Å²) in [7, 11) is 0. The Morgan fingerprint density at radius 3 is 3.00 bits per heavy atom. The molecule has 1 aromatic heterocycles. The topological polar surface area (TPSA) is 58.0 Å². The van der Waals surface area contributed by atoms with Crippen molar-refractivity contribution < 1.29 is 5.11 Å². The van der Waals surface area contributed by atoms with Gasteiger partial charge in [-0.05, 0) is 12.8 Å². The first kappa shape index (κ1) is 9.06. The zero-order valence-corrected chi connectivity index (χ0v) is 7.16. The molecule has 1 atom stereocenters. The number of aliphatic hydroxyl groups is 1. The van der Waals surface area contributed by atoms with Crippen molar-refractivity contribution in [3.8, 4) is 0 Å². The predicted molar refractivity (Wildman–Crippen MR) is 46.0 cm³/mol. The lowest BCUT2D eigenvalue weighted by Crippen LogP contribution is -2.19. The van der Waals surface area contributed by atoms with Gasteiger partial charge in [0.1, 0.15) is 0 Å². The van der Waals surface area contributed by atoms with Crippen molar-refractivity contribution in [3.05, 3.63) is 22.9 Å². The van der Waals surface area contributed by atoms with E-state index in [4.69, 9.17) is 0 Å². The lowest BCUT2D eigenvalue weighted by molar-refractivity contribution is 0.154. The molecule has 0 saturated carbocycles. The summed E-state index contributed by atoms with van der Waals surface area (Å²) in [6.07, 6.45) is 4.35. The summed E-state index contributed by atoms with van der Waals surface area (Å²) in [4.78, 5) is 13.5. The Kier molecular flexibility index (Phi) is 3.10. The van der Waals surface area contributed by atoms with Crippen LogP contribution in [0.25, 0.3) is 0 Å². The van der Waals surface area contributed by atoms with Crippen LogP contribution in [0.5, 0.6) is 0 Å². The summed E-state index contributed by atoms with van der Waals surface area (Å²) in [5, 5.41) is 9.22. The number of aliphatic hydroxyl groups excluding tert-OH is 1. The lowest BCUT2D eigenvalue weighted by atomic mass is 10.2. The van der Waals surface area contributed by atoms with Gasteiger partial charge in [0.2, 0.25) is 0 Å². The molecule has 68 valence electrons. The van der Waals surface area contributed by atoms with Crippen LogP contribution in [-0.2, 0) is 6.54 Å². The smallest absolute Gasteiger partial charge is 0.325 e. The first-order valence-electron chi connectivity index (χ1n) is 4.16. The quantitative estimate of drug-likeness (QED) is 0.684. The van der Waals surface area contributed by atoms with E-state index in [0.717, 1.165) is 6.42 Å². The van der Waals surface area contributed by atoms with Crippen LogP contribution in [0.1, 0.15) is 19.8 Å². The number of imidazole rings is 1. The summed E-state index contributed by atoms with van der Waals surface area (Å²) < 4.78 is 1.55. The Bertz CT molecular complexity index is 277. The molecular weight excluding hydrogens is 156 g/mol. The van der Waals surface area contributed by atoms with E-state index in [0.29, 0.717) is 13.0 Å². The molecule has 0 saturated heterocycles. The predicted octanol–water partition coefficient (Wildman–Crippen LogP) is 0.337. The molecule has 0 bridgehead atoms. The maximum Gasteiger partial charge on any atom is 0.325 e. The summed E-state index contributed by atoms with van der Waals surface area (Å²) in [5.74, 6) is 0. The number of aromatic nitrogens is 2. The number of nitrogens with zero attached hydrogens (tertiary/aromatic N) is 1. The number of H-pyrrole nitrogens is 1. The number of aryl methyl sites for hydroxylation is 1. The second kappa shape index (κ2) is 4.11. The SMILES string of the molecule is CCC(O)CCn1cc[nH]c1=O. The van der Waals surface area contributed by atoms with Crippen molar-refractivity contribution in [2.24, 2.45) is 0 Å². The zero-order chi connectivity index (χ0) is 8.97. The van der Waals surface area contributed by atoms with E-state index in [1.807, 2.05) is 6.92 Å². The standard InChI is InChI=1S/C8H14N2O2/c1-2-7(11)3-5-10-6-4-9-8(10)12/h4,6-7,11H,2-3,5H2,1H3,(H,9,12). The maximum atomic E-state index is 10.9. The van der Waals surface area contributed by atoms with E-state index in [9.17, 15) is 9.90 Å². The van der Waals surface area contributed by atoms with Crippen molar-refractivity contribution >= 4 is 0 Å². The molecule has 1 heterocycles. The van der Waals surface area contributed by atoms with E-state index in [-0.39, 0.29) is 11.8 Å². The van der Waals surface area contributed by atoms with Crippen LogP contribution in [-0.4, -0.2) is 20.8 Å². The molecular formula is C8H14N2O2. The Morgan fingerprint density at radius 1 is 1.75 bits per heavy atom. The normalized spacial score (nSPS) is 13.2. The average molecular weight is 170 g/mol. The Morgan fingerprint density at radius 2 is 2.50 bits per heavy atom. The monoisotopic (exact) mass is 170 g/mol. The van der Waals surface area contributed by atoms with Crippen molar-refractivity contribution in [2.45, 2.75) is 32.4 Å². The third kappa shape index (κ3) is 2.23. The van der Waals surface area contributed by atoms with Gasteiger partial charge < -0.3 is 10.1 Å². The van der Waals surface area contributed by atoms with Crippen LogP contribution in [0.2, 0.25) is 0 Å². The molecule has 0 aliphatic heterocycles. The van der Waals surface area contributed by atoms with Crippen molar-refractivity contribution in [1.29, 1.82) is 0 Å². The highest BCUT2D eigenvalue weighted by Crippen LogP contribution is 1.97. The highest BCUT2D eigenvalue weighted by Gasteiger charge is 2.01. The van der Waals surface area contributed by atoms with E-state index in [2.05, 4.69) is 4.98 Å². The Balaban J connectivity index is 2.43. The molecule has 4 heteroatoms. The first-order valence-corrected chi connectivity index (χ1v) is 4.16. The van der Waals surface area contributed by atoms with Gasteiger partial charge in [-0.1, -0.05) is 6.92 Å². The van der Waals surface area contributed by atoms with Crippen molar-refractivity contribution in [1.82, 2.24) is 9.55 Å². The number of rotatable bonds is 4. The molecule has 0 spiro atoms. The van der Waals surface area contributed by atoms with Crippen LogP contribution in [0.4, 0.5) is 0 Å². The van der Waals surface area contributed by atoms with E-state index in [1.165, 1.54) is 0 Å². The summed E-state index contributed by atoms with van der Waals surface area (Å²) in [6.45, 7) is 2.50. The number of hydrogen-bond donors (Lipinski definition) is 2. The van der Waals surface area contributed by atoms with Gasteiger partial charge in [0.15, 0.2) is 0 Å². The minimum Gasteiger partial charge on any atom is -0.393 e. The molecule has 0 radical (unpaired) electrons.